The van der Waals surface area contributed by atoms with Gasteiger partial charge in [0, 0.05) is 17.2 Å². The van der Waals surface area contributed by atoms with Gasteiger partial charge in [0.05, 0.1) is 6.20 Å². The summed E-state index contributed by atoms with van der Waals surface area (Å²) < 4.78 is 1.79. The minimum absolute atomic E-state index is 0.606. The Morgan fingerprint density at radius 1 is 1.11 bits per heavy atom. The lowest BCUT2D eigenvalue weighted by Crippen LogP contribution is -2.01. The average Bonchev–Trinajstić information content (AvgIpc) is 2.93. The van der Waals surface area contributed by atoms with Gasteiger partial charge < -0.3 is 0 Å². The molecule has 94 valence electrons. The first-order valence-electron chi connectivity index (χ1n) is 6.87. The first kappa shape index (κ1) is 10.8. The average molecular weight is 262 g/mol. The van der Waals surface area contributed by atoms with Crippen LogP contribution in [0.15, 0.2) is 12.3 Å². The molecule has 2 saturated carbocycles. The minimum atomic E-state index is 0.606. The SMILES string of the molecule is Clc1cc(C2CCCC2)nc2c(C3CC3)cnn12. The largest absolute Gasteiger partial charge is 0.233 e. The molecule has 18 heavy (non-hydrogen) atoms. The molecule has 0 saturated heterocycles. The molecule has 4 rings (SSSR count). The zero-order chi connectivity index (χ0) is 12.1. The lowest BCUT2D eigenvalue weighted by atomic mass is 10.0. The van der Waals surface area contributed by atoms with E-state index < -0.39 is 0 Å². The van der Waals surface area contributed by atoms with Crippen LogP contribution < -0.4 is 0 Å². The summed E-state index contributed by atoms with van der Waals surface area (Å²) in [6.45, 7) is 0. The van der Waals surface area contributed by atoms with Gasteiger partial charge in [-0.3, -0.25) is 0 Å². The summed E-state index contributed by atoms with van der Waals surface area (Å²) in [6.07, 6.45) is 9.65. The first-order chi connectivity index (χ1) is 8.83. The molecule has 4 heteroatoms. The minimum Gasteiger partial charge on any atom is -0.233 e. The highest BCUT2D eigenvalue weighted by atomic mass is 35.5. The topological polar surface area (TPSA) is 30.2 Å². The molecule has 0 amide bonds. The van der Waals surface area contributed by atoms with Crippen molar-refractivity contribution in [1.82, 2.24) is 14.6 Å². The molecule has 2 fully saturated rings. The van der Waals surface area contributed by atoms with Gasteiger partial charge in [-0.25, -0.2) is 9.50 Å². The van der Waals surface area contributed by atoms with Crippen LogP contribution in [0.25, 0.3) is 5.65 Å². The van der Waals surface area contributed by atoms with E-state index in [1.54, 1.807) is 4.52 Å². The highest BCUT2D eigenvalue weighted by Gasteiger charge is 2.29. The van der Waals surface area contributed by atoms with Crippen molar-refractivity contribution in [2.24, 2.45) is 0 Å². The number of halogens is 1. The molecule has 2 aromatic heterocycles. The molecule has 0 unspecified atom stereocenters. The van der Waals surface area contributed by atoms with Gasteiger partial charge in [0.15, 0.2) is 5.65 Å². The summed E-state index contributed by atoms with van der Waals surface area (Å²) in [5, 5.41) is 5.07. The first-order valence-corrected chi connectivity index (χ1v) is 7.25. The fraction of sp³-hybridized carbons (Fsp3) is 0.571. The molecular weight excluding hydrogens is 246 g/mol. The van der Waals surface area contributed by atoms with Crippen LogP contribution >= 0.6 is 11.6 Å². The number of aromatic nitrogens is 3. The molecule has 2 aliphatic carbocycles. The van der Waals surface area contributed by atoms with Crippen LogP contribution in [0.1, 0.15) is 61.6 Å². The number of hydrogen-bond donors (Lipinski definition) is 0. The van der Waals surface area contributed by atoms with Crippen molar-refractivity contribution in [2.75, 3.05) is 0 Å². The highest BCUT2D eigenvalue weighted by molar-refractivity contribution is 6.29. The van der Waals surface area contributed by atoms with Gasteiger partial charge in [-0.15, -0.1) is 0 Å². The molecule has 0 atom stereocenters. The molecule has 0 bridgehead atoms. The summed E-state index contributed by atoms with van der Waals surface area (Å²) in [6, 6.07) is 2.01. The van der Waals surface area contributed by atoms with Crippen LogP contribution in [-0.4, -0.2) is 14.6 Å². The Hall–Kier alpha value is -1.09. The van der Waals surface area contributed by atoms with Gasteiger partial charge in [-0.1, -0.05) is 24.4 Å². The summed E-state index contributed by atoms with van der Waals surface area (Å²) in [4.78, 5) is 4.86. The highest BCUT2D eigenvalue weighted by Crippen LogP contribution is 2.42. The predicted molar refractivity (Wildman–Crippen MR) is 71.2 cm³/mol. The Morgan fingerprint density at radius 2 is 1.89 bits per heavy atom. The maximum Gasteiger partial charge on any atom is 0.160 e. The molecule has 3 nitrogen and oxygen atoms in total. The van der Waals surface area contributed by atoms with Gasteiger partial charge in [0.1, 0.15) is 5.15 Å². The molecule has 0 aliphatic heterocycles. The molecule has 2 aliphatic rings. The van der Waals surface area contributed by atoms with Crippen molar-refractivity contribution >= 4 is 17.2 Å². The maximum atomic E-state index is 6.34. The van der Waals surface area contributed by atoms with Crippen molar-refractivity contribution in [1.29, 1.82) is 0 Å². The van der Waals surface area contributed by atoms with Gasteiger partial charge in [0.2, 0.25) is 0 Å². The molecule has 2 aromatic rings. The number of rotatable bonds is 2. The quantitative estimate of drug-likeness (QED) is 0.767. The van der Waals surface area contributed by atoms with Crippen molar-refractivity contribution < 1.29 is 0 Å². The van der Waals surface area contributed by atoms with Crippen LogP contribution in [0.3, 0.4) is 0 Å². The van der Waals surface area contributed by atoms with Crippen LogP contribution in [-0.2, 0) is 0 Å². The van der Waals surface area contributed by atoms with Gasteiger partial charge >= 0.3 is 0 Å². The monoisotopic (exact) mass is 261 g/mol. The Bertz CT molecular complexity index is 594. The fourth-order valence-corrected chi connectivity index (χ4v) is 3.31. The van der Waals surface area contributed by atoms with Crippen molar-refractivity contribution in [3.63, 3.8) is 0 Å². The van der Waals surface area contributed by atoms with E-state index in [-0.39, 0.29) is 0 Å². The van der Waals surface area contributed by atoms with E-state index >= 15 is 0 Å². The van der Waals surface area contributed by atoms with E-state index in [0.717, 1.165) is 5.65 Å². The molecule has 0 aromatic carbocycles. The number of fused-ring (bicyclic) bond motifs is 1. The van der Waals surface area contributed by atoms with Crippen LogP contribution in [0.2, 0.25) is 5.15 Å². The van der Waals surface area contributed by atoms with Gasteiger partial charge in [-0.2, -0.15) is 5.10 Å². The van der Waals surface area contributed by atoms with Gasteiger partial charge in [-0.05, 0) is 37.7 Å². The lowest BCUT2D eigenvalue weighted by molar-refractivity contribution is 0.694. The van der Waals surface area contributed by atoms with E-state index in [1.165, 1.54) is 49.8 Å². The second kappa shape index (κ2) is 3.95. The van der Waals surface area contributed by atoms with E-state index in [9.17, 15) is 0 Å². The summed E-state index contributed by atoms with van der Waals surface area (Å²) in [5.74, 6) is 1.28. The third kappa shape index (κ3) is 1.64. The lowest BCUT2D eigenvalue weighted by Gasteiger charge is -2.10. The second-order valence-corrected chi connectivity index (χ2v) is 5.98. The Morgan fingerprint density at radius 3 is 2.61 bits per heavy atom. The standard InChI is InChI=1S/C14H16ClN3/c15-13-7-12(10-3-1-2-4-10)17-14-11(9-5-6-9)8-16-18(13)14/h7-10H,1-6H2. The van der Waals surface area contributed by atoms with Crippen LogP contribution in [0, 0.1) is 0 Å². The summed E-state index contributed by atoms with van der Waals surface area (Å²) in [7, 11) is 0. The van der Waals surface area contributed by atoms with Crippen LogP contribution in [0.5, 0.6) is 0 Å². The molecule has 0 radical (unpaired) electrons. The summed E-state index contributed by atoms with van der Waals surface area (Å²) >= 11 is 6.34. The third-order valence-corrected chi connectivity index (χ3v) is 4.54. The van der Waals surface area contributed by atoms with Crippen molar-refractivity contribution in [2.45, 2.75) is 50.4 Å². The number of hydrogen-bond acceptors (Lipinski definition) is 2. The van der Waals surface area contributed by atoms with Crippen molar-refractivity contribution in [3.8, 4) is 0 Å². The molecule has 0 N–H and O–H groups in total. The van der Waals surface area contributed by atoms with E-state index in [2.05, 4.69) is 5.10 Å². The number of nitrogens with zero attached hydrogens (tertiary/aromatic N) is 3. The molecular formula is C14H16ClN3. The molecule has 2 heterocycles. The van der Waals surface area contributed by atoms with Gasteiger partial charge in [0.25, 0.3) is 0 Å². The second-order valence-electron chi connectivity index (χ2n) is 5.59. The normalized spacial score (nSPS) is 20.9. The zero-order valence-electron chi connectivity index (χ0n) is 10.3. The Kier molecular flexibility index (Phi) is 2.37. The van der Waals surface area contributed by atoms with E-state index in [1.807, 2.05) is 12.3 Å². The van der Waals surface area contributed by atoms with Crippen molar-refractivity contribution in [3.05, 3.63) is 28.7 Å². The Labute approximate surface area is 111 Å². The maximum absolute atomic E-state index is 6.34. The predicted octanol–water partition coefficient (Wildman–Crippen LogP) is 3.92. The third-order valence-electron chi connectivity index (χ3n) is 4.27. The summed E-state index contributed by atoms with van der Waals surface area (Å²) in [5.41, 5.74) is 3.45. The van der Waals surface area contributed by atoms with Crippen LogP contribution in [0.4, 0.5) is 0 Å². The van der Waals surface area contributed by atoms with E-state index in [4.69, 9.17) is 16.6 Å². The smallest absolute Gasteiger partial charge is 0.160 e. The zero-order valence-corrected chi connectivity index (χ0v) is 11.0. The fourth-order valence-electron chi connectivity index (χ4n) is 3.07. The van der Waals surface area contributed by atoms with E-state index in [0.29, 0.717) is 17.0 Å². The molecule has 0 spiro atoms. The Balaban J connectivity index is 1.86.